The van der Waals surface area contributed by atoms with Crippen molar-refractivity contribution < 1.29 is 13.2 Å². The van der Waals surface area contributed by atoms with Crippen molar-refractivity contribution in [2.45, 2.75) is 31.3 Å². The van der Waals surface area contributed by atoms with Crippen molar-refractivity contribution in [3.8, 4) is 0 Å². The fraction of sp³-hybridized carbons (Fsp3) is 0.700. The van der Waals surface area contributed by atoms with Crippen LogP contribution >= 0.6 is 0 Å². The van der Waals surface area contributed by atoms with Crippen LogP contribution in [-0.4, -0.2) is 48.3 Å². The van der Waals surface area contributed by atoms with E-state index >= 15 is 0 Å². The van der Waals surface area contributed by atoms with Crippen LogP contribution < -0.4 is 5.73 Å². The van der Waals surface area contributed by atoms with Crippen LogP contribution in [0.25, 0.3) is 0 Å². The van der Waals surface area contributed by atoms with E-state index in [4.69, 9.17) is 10.5 Å². The predicted octanol–water partition coefficient (Wildman–Crippen LogP) is -0.105. The topological polar surface area (TPSA) is 90.5 Å². The van der Waals surface area contributed by atoms with Gasteiger partial charge in [0.1, 0.15) is 4.90 Å². The second-order valence-corrected chi connectivity index (χ2v) is 6.13. The van der Waals surface area contributed by atoms with Crippen molar-refractivity contribution >= 4 is 15.8 Å². The van der Waals surface area contributed by atoms with E-state index in [1.165, 1.54) is 15.2 Å². The summed E-state index contributed by atoms with van der Waals surface area (Å²) >= 11 is 0. The summed E-state index contributed by atoms with van der Waals surface area (Å²) in [4.78, 5) is 0.0816. The lowest BCUT2D eigenvalue weighted by atomic mass is 10.3. The summed E-state index contributed by atoms with van der Waals surface area (Å²) in [6.07, 6.45) is 1.48. The van der Waals surface area contributed by atoms with E-state index < -0.39 is 10.0 Å². The average molecular weight is 274 g/mol. The first kappa shape index (κ1) is 13.3. The number of ether oxygens (including phenoxy) is 1. The summed E-state index contributed by atoms with van der Waals surface area (Å²) in [5.41, 5.74) is 5.69. The second kappa shape index (κ2) is 4.87. The zero-order valence-corrected chi connectivity index (χ0v) is 11.4. The number of nitrogens with two attached hydrogens (primary N) is 1. The highest BCUT2D eigenvalue weighted by atomic mass is 32.2. The number of hydrogen-bond acceptors (Lipinski definition) is 5. The van der Waals surface area contributed by atoms with Crippen LogP contribution in [0, 0.1) is 0 Å². The first-order valence-electron chi connectivity index (χ1n) is 5.89. The Morgan fingerprint density at radius 1 is 1.61 bits per heavy atom. The molecule has 1 aromatic heterocycles. The van der Waals surface area contributed by atoms with E-state index in [0.717, 1.165) is 0 Å². The van der Waals surface area contributed by atoms with Gasteiger partial charge in [0.25, 0.3) is 0 Å². The van der Waals surface area contributed by atoms with Crippen molar-refractivity contribution in [3.05, 3.63) is 6.20 Å². The molecule has 2 heterocycles. The smallest absolute Gasteiger partial charge is 0.248 e. The van der Waals surface area contributed by atoms with Crippen molar-refractivity contribution in [2.75, 3.05) is 25.5 Å². The predicted molar refractivity (Wildman–Crippen MR) is 66.5 cm³/mol. The van der Waals surface area contributed by atoms with Crippen LogP contribution in [0.5, 0.6) is 0 Å². The van der Waals surface area contributed by atoms with Crippen molar-refractivity contribution in [1.29, 1.82) is 0 Å². The monoisotopic (exact) mass is 274 g/mol. The standard InChI is InChI=1S/C10H18N4O3S/c1-3-13-6-9(10(11)12-13)18(15,16)14-4-5-17-7-8(14)2/h6,8H,3-5,7H2,1-2H3,(H2,11,12). The van der Waals surface area contributed by atoms with Crippen molar-refractivity contribution in [2.24, 2.45) is 0 Å². The molecule has 102 valence electrons. The van der Waals surface area contributed by atoms with Gasteiger partial charge in [0.15, 0.2) is 5.82 Å². The van der Waals surface area contributed by atoms with Gasteiger partial charge in [0.05, 0.1) is 13.2 Å². The van der Waals surface area contributed by atoms with E-state index in [1.54, 1.807) is 0 Å². The fourth-order valence-corrected chi connectivity index (χ4v) is 3.64. The van der Waals surface area contributed by atoms with E-state index in [0.29, 0.717) is 26.3 Å². The maximum absolute atomic E-state index is 12.5. The van der Waals surface area contributed by atoms with Gasteiger partial charge >= 0.3 is 0 Å². The van der Waals surface area contributed by atoms with Crippen LogP contribution in [0.15, 0.2) is 11.1 Å². The Morgan fingerprint density at radius 3 is 2.89 bits per heavy atom. The van der Waals surface area contributed by atoms with Crippen LogP contribution in [0.2, 0.25) is 0 Å². The summed E-state index contributed by atoms with van der Waals surface area (Å²) in [6, 6.07) is -0.187. The third-order valence-electron chi connectivity index (χ3n) is 2.97. The number of aromatic nitrogens is 2. The Morgan fingerprint density at radius 2 is 2.33 bits per heavy atom. The zero-order valence-electron chi connectivity index (χ0n) is 10.5. The van der Waals surface area contributed by atoms with Crippen molar-refractivity contribution in [1.82, 2.24) is 14.1 Å². The minimum Gasteiger partial charge on any atom is -0.381 e. The number of hydrogen-bond donors (Lipinski definition) is 1. The average Bonchev–Trinajstić information content (AvgIpc) is 2.71. The number of aryl methyl sites for hydroxylation is 1. The third-order valence-corrected chi connectivity index (χ3v) is 5.00. The minimum atomic E-state index is -3.59. The molecule has 2 rings (SSSR count). The Bertz CT molecular complexity index is 525. The van der Waals surface area contributed by atoms with E-state index in [-0.39, 0.29) is 16.8 Å². The maximum Gasteiger partial charge on any atom is 0.248 e. The number of nitrogens with zero attached hydrogens (tertiary/aromatic N) is 3. The summed E-state index contributed by atoms with van der Waals surface area (Å²) < 4.78 is 33.2. The van der Waals surface area contributed by atoms with Gasteiger partial charge in [0.2, 0.25) is 10.0 Å². The minimum absolute atomic E-state index is 0.0514. The molecule has 1 aliphatic heterocycles. The molecule has 0 amide bonds. The number of anilines is 1. The number of sulfonamides is 1. The molecule has 8 heteroatoms. The third kappa shape index (κ3) is 2.23. The van der Waals surface area contributed by atoms with Gasteiger partial charge in [-0.25, -0.2) is 8.42 Å². The number of rotatable bonds is 3. The summed E-state index contributed by atoms with van der Waals surface area (Å²) in [5.74, 6) is 0.0514. The first-order chi connectivity index (χ1) is 8.46. The molecule has 0 saturated carbocycles. The van der Waals surface area contributed by atoms with Gasteiger partial charge in [-0.3, -0.25) is 4.68 Å². The Kier molecular flexibility index (Phi) is 3.60. The van der Waals surface area contributed by atoms with Crippen LogP contribution in [-0.2, 0) is 21.3 Å². The van der Waals surface area contributed by atoms with Gasteiger partial charge in [-0.05, 0) is 13.8 Å². The van der Waals surface area contributed by atoms with Gasteiger partial charge in [-0.1, -0.05) is 0 Å². The summed E-state index contributed by atoms with van der Waals surface area (Å²) in [5, 5.41) is 3.97. The number of nitrogen functional groups attached to an aromatic ring is 1. The molecule has 7 nitrogen and oxygen atoms in total. The molecule has 0 spiro atoms. The highest BCUT2D eigenvalue weighted by Gasteiger charge is 2.34. The molecule has 0 bridgehead atoms. The van der Waals surface area contributed by atoms with Crippen molar-refractivity contribution in [3.63, 3.8) is 0 Å². The zero-order chi connectivity index (χ0) is 13.3. The Hall–Kier alpha value is -1.12. The quantitative estimate of drug-likeness (QED) is 0.831. The molecule has 1 saturated heterocycles. The van der Waals surface area contributed by atoms with Gasteiger partial charge in [-0.15, -0.1) is 0 Å². The normalized spacial score (nSPS) is 22.2. The lowest BCUT2D eigenvalue weighted by Crippen LogP contribution is -2.47. The van der Waals surface area contributed by atoms with Gasteiger partial charge in [-0.2, -0.15) is 9.40 Å². The fourth-order valence-electron chi connectivity index (χ4n) is 1.97. The lowest BCUT2D eigenvalue weighted by Gasteiger charge is -2.31. The highest BCUT2D eigenvalue weighted by molar-refractivity contribution is 7.89. The molecule has 0 radical (unpaired) electrons. The highest BCUT2D eigenvalue weighted by Crippen LogP contribution is 2.24. The Balaban J connectivity index is 2.37. The SMILES string of the molecule is CCn1cc(S(=O)(=O)N2CCOCC2C)c(N)n1. The molecular weight excluding hydrogens is 256 g/mol. The van der Waals surface area contributed by atoms with Gasteiger partial charge < -0.3 is 10.5 Å². The number of morpholine rings is 1. The lowest BCUT2D eigenvalue weighted by molar-refractivity contribution is 0.0393. The van der Waals surface area contributed by atoms with Crippen LogP contribution in [0.1, 0.15) is 13.8 Å². The summed E-state index contributed by atoms with van der Waals surface area (Å²) in [6.45, 7) is 5.43. The van der Waals surface area contributed by atoms with E-state index in [1.807, 2.05) is 13.8 Å². The summed E-state index contributed by atoms with van der Waals surface area (Å²) in [7, 11) is -3.59. The largest absolute Gasteiger partial charge is 0.381 e. The molecule has 0 aromatic carbocycles. The molecule has 1 aliphatic rings. The molecule has 0 aliphatic carbocycles. The van der Waals surface area contributed by atoms with E-state index in [2.05, 4.69) is 5.10 Å². The van der Waals surface area contributed by atoms with Gasteiger partial charge in [0, 0.05) is 25.3 Å². The van der Waals surface area contributed by atoms with Crippen LogP contribution in [0.4, 0.5) is 5.82 Å². The molecule has 1 fully saturated rings. The second-order valence-electron chi connectivity index (χ2n) is 4.27. The molecule has 18 heavy (non-hydrogen) atoms. The molecule has 1 unspecified atom stereocenters. The molecular formula is C10H18N4O3S. The molecule has 1 aromatic rings. The first-order valence-corrected chi connectivity index (χ1v) is 7.33. The van der Waals surface area contributed by atoms with E-state index in [9.17, 15) is 8.42 Å². The molecule has 1 atom stereocenters. The maximum atomic E-state index is 12.5. The Labute approximate surface area is 107 Å². The molecule has 2 N–H and O–H groups in total. The van der Waals surface area contributed by atoms with Crippen LogP contribution in [0.3, 0.4) is 0 Å².